The Morgan fingerprint density at radius 2 is 1.94 bits per heavy atom. The molecular formula is C29H44O3. The van der Waals surface area contributed by atoms with E-state index < -0.39 is 0 Å². The number of aliphatic hydroxyl groups excluding tert-OH is 2. The van der Waals surface area contributed by atoms with Crippen LogP contribution < -0.4 is 0 Å². The van der Waals surface area contributed by atoms with Crippen molar-refractivity contribution < 1.29 is 15.0 Å². The fraction of sp³-hybridized carbons (Fsp3) is 0.759. The van der Waals surface area contributed by atoms with E-state index in [0.29, 0.717) is 30.1 Å². The van der Waals surface area contributed by atoms with E-state index in [0.717, 1.165) is 25.7 Å². The molecule has 4 aliphatic carbocycles. The van der Waals surface area contributed by atoms with Gasteiger partial charge in [0.1, 0.15) is 0 Å². The summed E-state index contributed by atoms with van der Waals surface area (Å²) in [7, 11) is 0. The van der Waals surface area contributed by atoms with Crippen LogP contribution in [-0.4, -0.2) is 28.7 Å². The van der Waals surface area contributed by atoms with Crippen molar-refractivity contribution in [3.8, 4) is 0 Å². The summed E-state index contributed by atoms with van der Waals surface area (Å²) in [4.78, 5) is 13.2. The van der Waals surface area contributed by atoms with Gasteiger partial charge in [0.25, 0.3) is 0 Å². The van der Waals surface area contributed by atoms with Crippen LogP contribution in [0.3, 0.4) is 0 Å². The smallest absolute Gasteiger partial charge is 0.160 e. The van der Waals surface area contributed by atoms with Crippen molar-refractivity contribution in [3.05, 3.63) is 34.9 Å². The van der Waals surface area contributed by atoms with Gasteiger partial charge in [-0.1, -0.05) is 52.3 Å². The van der Waals surface area contributed by atoms with Crippen molar-refractivity contribution >= 4 is 5.78 Å². The minimum Gasteiger partial charge on any atom is -0.393 e. The fourth-order valence-electron chi connectivity index (χ4n) is 8.01. The van der Waals surface area contributed by atoms with E-state index in [1.54, 1.807) is 0 Å². The molecule has 32 heavy (non-hydrogen) atoms. The van der Waals surface area contributed by atoms with Crippen molar-refractivity contribution in [3.63, 3.8) is 0 Å². The third kappa shape index (κ3) is 3.88. The Labute approximate surface area is 195 Å². The third-order valence-corrected chi connectivity index (χ3v) is 10.0. The monoisotopic (exact) mass is 440 g/mol. The van der Waals surface area contributed by atoms with Gasteiger partial charge in [-0.25, -0.2) is 0 Å². The lowest BCUT2D eigenvalue weighted by Crippen LogP contribution is -2.48. The molecule has 0 amide bonds. The van der Waals surface area contributed by atoms with Crippen LogP contribution in [0.15, 0.2) is 34.9 Å². The number of aliphatic hydroxyl groups is 2. The van der Waals surface area contributed by atoms with Gasteiger partial charge < -0.3 is 10.2 Å². The van der Waals surface area contributed by atoms with E-state index in [2.05, 4.69) is 40.7 Å². The number of ketones is 1. The van der Waals surface area contributed by atoms with Crippen LogP contribution >= 0.6 is 0 Å². The van der Waals surface area contributed by atoms with E-state index >= 15 is 0 Å². The van der Waals surface area contributed by atoms with Gasteiger partial charge >= 0.3 is 0 Å². The average Bonchev–Trinajstić information content (AvgIpc) is 3.09. The minimum absolute atomic E-state index is 0.0468. The lowest BCUT2D eigenvalue weighted by molar-refractivity contribution is -0.125. The first-order chi connectivity index (χ1) is 15.1. The van der Waals surface area contributed by atoms with Crippen LogP contribution in [0.4, 0.5) is 0 Å². The molecule has 0 aliphatic heterocycles. The number of fused-ring (bicyclic) bond motifs is 5. The summed E-state index contributed by atoms with van der Waals surface area (Å²) in [6, 6.07) is 0. The molecule has 3 nitrogen and oxygen atoms in total. The Morgan fingerprint density at radius 3 is 2.62 bits per heavy atom. The Morgan fingerprint density at radius 1 is 1.19 bits per heavy atom. The quantitative estimate of drug-likeness (QED) is 0.497. The second kappa shape index (κ2) is 8.87. The molecule has 4 aliphatic rings. The van der Waals surface area contributed by atoms with E-state index in [1.807, 2.05) is 12.2 Å². The topological polar surface area (TPSA) is 57.5 Å². The van der Waals surface area contributed by atoms with Gasteiger partial charge in [0.15, 0.2) is 5.78 Å². The maximum atomic E-state index is 13.2. The molecule has 0 aromatic carbocycles. The SMILES string of the molecule is CC(C)C(=CCO)CCC(C)C1CCC2C3=CC(=O)C4CC(O)CCC4(C)C3=CCC21C. The van der Waals surface area contributed by atoms with Crippen molar-refractivity contribution in [2.24, 2.45) is 40.4 Å². The maximum Gasteiger partial charge on any atom is 0.160 e. The van der Waals surface area contributed by atoms with Crippen molar-refractivity contribution in [2.75, 3.05) is 6.61 Å². The van der Waals surface area contributed by atoms with Gasteiger partial charge in [-0.2, -0.15) is 0 Å². The van der Waals surface area contributed by atoms with E-state index in [4.69, 9.17) is 0 Å². The highest BCUT2D eigenvalue weighted by Gasteiger charge is 2.56. The van der Waals surface area contributed by atoms with E-state index in [1.165, 1.54) is 36.0 Å². The number of hydrogen-bond donors (Lipinski definition) is 2. The molecule has 3 heteroatoms. The highest BCUT2D eigenvalue weighted by molar-refractivity contribution is 5.96. The summed E-state index contributed by atoms with van der Waals surface area (Å²) >= 11 is 0. The van der Waals surface area contributed by atoms with Crippen molar-refractivity contribution in [1.82, 2.24) is 0 Å². The van der Waals surface area contributed by atoms with Crippen molar-refractivity contribution in [1.29, 1.82) is 0 Å². The Balaban J connectivity index is 1.56. The molecule has 178 valence electrons. The molecule has 4 rings (SSSR count). The summed E-state index contributed by atoms with van der Waals surface area (Å²) in [5.74, 6) is 2.49. The lowest BCUT2D eigenvalue weighted by atomic mass is 9.51. The second-order valence-electron chi connectivity index (χ2n) is 12.1. The number of hydrogen-bond acceptors (Lipinski definition) is 3. The third-order valence-electron chi connectivity index (χ3n) is 10.0. The number of rotatable bonds is 6. The van der Waals surface area contributed by atoms with Crippen LogP contribution in [0.5, 0.6) is 0 Å². The van der Waals surface area contributed by atoms with Gasteiger partial charge in [0.2, 0.25) is 0 Å². The van der Waals surface area contributed by atoms with E-state index in [-0.39, 0.29) is 35.2 Å². The number of carbonyl (C=O) groups is 1. The Kier molecular flexibility index (Phi) is 6.64. The molecular weight excluding hydrogens is 396 g/mol. The number of carbonyl (C=O) groups excluding carboxylic acids is 1. The second-order valence-corrected chi connectivity index (χ2v) is 12.1. The first-order valence-corrected chi connectivity index (χ1v) is 13.1. The fourth-order valence-corrected chi connectivity index (χ4v) is 8.01. The summed E-state index contributed by atoms with van der Waals surface area (Å²) in [5.41, 5.74) is 4.30. The number of allylic oxidation sites excluding steroid dienone is 5. The van der Waals surface area contributed by atoms with Crippen LogP contribution in [0.2, 0.25) is 0 Å². The summed E-state index contributed by atoms with van der Waals surface area (Å²) in [6.45, 7) is 11.8. The molecule has 2 fully saturated rings. The predicted octanol–water partition coefficient (Wildman–Crippen LogP) is 6.02. The molecule has 0 aromatic rings. The molecule has 0 bridgehead atoms. The first kappa shape index (κ1) is 24.0. The van der Waals surface area contributed by atoms with Gasteiger partial charge in [-0.15, -0.1) is 0 Å². The zero-order chi connectivity index (χ0) is 23.3. The summed E-state index contributed by atoms with van der Waals surface area (Å²) < 4.78 is 0. The van der Waals surface area contributed by atoms with Crippen LogP contribution in [0, 0.1) is 40.4 Å². The summed E-state index contributed by atoms with van der Waals surface area (Å²) in [5, 5.41) is 19.6. The molecule has 7 atom stereocenters. The first-order valence-electron chi connectivity index (χ1n) is 13.1. The maximum absolute atomic E-state index is 13.2. The molecule has 0 radical (unpaired) electrons. The van der Waals surface area contributed by atoms with Crippen molar-refractivity contribution in [2.45, 2.75) is 92.1 Å². The molecule has 0 saturated heterocycles. The highest BCUT2D eigenvalue weighted by Crippen LogP contribution is 2.64. The Hall–Kier alpha value is -1.19. The van der Waals surface area contributed by atoms with Crippen LogP contribution in [0.25, 0.3) is 0 Å². The van der Waals surface area contributed by atoms with Gasteiger partial charge in [-0.05, 0) is 97.7 Å². The molecule has 7 unspecified atom stereocenters. The molecule has 0 aromatic heterocycles. The molecule has 2 N–H and O–H groups in total. The highest BCUT2D eigenvalue weighted by atomic mass is 16.3. The molecule has 0 spiro atoms. The Bertz CT molecular complexity index is 833. The molecule has 2 saturated carbocycles. The minimum atomic E-state index is -0.325. The summed E-state index contributed by atoms with van der Waals surface area (Å²) in [6.07, 6.45) is 14.3. The van der Waals surface area contributed by atoms with E-state index in [9.17, 15) is 15.0 Å². The zero-order valence-electron chi connectivity index (χ0n) is 20.9. The predicted molar refractivity (Wildman–Crippen MR) is 130 cm³/mol. The average molecular weight is 441 g/mol. The lowest BCUT2D eigenvalue weighted by Gasteiger charge is -2.52. The zero-order valence-corrected chi connectivity index (χ0v) is 20.9. The van der Waals surface area contributed by atoms with Crippen LogP contribution in [-0.2, 0) is 4.79 Å². The van der Waals surface area contributed by atoms with Gasteiger partial charge in [-0.3, -0.25) is 4.79 Å². The van der Waals surface area contributed by atoms with Crippen LogP contribution in [0.1, 0.15) is 86.0 Å². The standard InChI is InChI=1S/C29H44O3/c1-18(2)20(12-15-30)7-6-19(3)23-8-9-24-22-17-27(32)26-16-21(31)10-13-29(26,5)25(22)11-14-28(23,24)4/h11-12,17-19,21,23-24,26,30-31H,6-10,13-16H2,1-5H3. The van der Waals surface area contributed by atoms with Gasteiger partial charge in [0, 0.05) is 11.3 Å². The normalized spacial score (nSPS) is 40.4. The largest absolute Gasteiger partial charge is 0.393 e. The molecule has 0 heterocycles. The van der Waals surface area contributed by atoms with Gasteiger partial charge in [0.05, 0.1) is 12.7 Å².